The first-order valence-corrected chi connectivity index (χ1v) is 9.25. The van der Waals surface area contributed by atoms with Crippen LogP contribution < -0.4 is 10.1 Å². The van der Waals surface area contributed by atoms with Gasteiger partial charge in [-0.1, -0.05) is 18.7 Å². The lowest BCUT2D eigenvalue weighted by Gasteiger charge is -2.29. The number of anilines is 1. The number of nitrogens with one attached hydrogen (secondary N) is 1. The van der Waals surface area contributed by atoms with Gasteiger partial charge >= 0.3 is 0 Å². The highest BCUT2D eigenvalue weighted by Crippen LogP contribution is 2.38. The predicted molar refractivity (Wildman–Crippen MR) is 107 cm³/mol. The lowest BCUT2D eigenvalue weighted by molar-refractivity contribution is -0.113. The van der Waals surface area contributed by atoms with Gasteiger partial charge in [0.05, 0.1) is 18.7 Å². The van der Waals surface area contributed by atoms with Crippen molar-refractivity contribution in [1.29, 1.82) is 5.26 Å². The van der Waals surface area contributed by atoms with Gasteiger partial charge < -0.3 is 10.1 Å². The molecule has 1 fully saturated rings. The summed E-state index contributed by atoms with van der Waals surface area (Å²) in [6.07, 6.45) is 4.05. The lowest BCUT2D eigenvalue weighted by atomic mass is 9.76. The molecule has 0 unspecified atom stereocenters. The lowest BCUT2D eigenvalue weighted by Crippen LogP contribution is -2.23. The smallest absolute Gasteiger partial charge is 0.251 e. The second-order valence-corrected chi connectivity index (χ2v) is 6.99. The number of hydrogen-bond acceptors (Lipinski definition) is 3. The molecule has 2 aromatic carbocycles. The van der Waals surface area contributed by atoms with E-state index in [1.54, 1.807) is 31.4 Å². The van der Waals surface area contributed by atoms with Crippen LogP contribution in [0.25, 0.3) is 0 Å². The van der Waals surface area contributed by atoms with Crippen LogP contribution in [0.1, 0.15) is 42.7 Å². The molecule has 0 atom stereocenters. The van der Waals surface area contributed by atoms with E-state index in [9.17, 15) is 4.79 Å². The van der Waals surface area contributed by atoms with E-state index in [1.807, 2.05) is 12.1 Å². The van der Waals surface area contributed by atoms with E-state index in [-0.39, 0.29) is 11.8 Å². The van der Waals surface area contributed by atoms with Gasteiger partial charge in [0.2, 0.25) is 0 Å². The molecule has 1 saturated carbocycles. The van der Waals surface area contributed by atoms with Crippen LogP contribution in [0.4, 0.5) is 5.69 Å². The van der Waals surface area contributed by atoms with Crippen LogP contribution in [0.15, 0.2) is 60.7 Å². The molecule has 1 N–H and O–H groups in total. The normalized spacial score (nSPS) is 19.0. The van der Waals surface area contributed by atoms with Gasteiger partial charge in [-0.3, -0.25) is 4.79 Å². The van der Waals surface area contributed by atoms with E-state index in [4.69, 9.17) is 10.00 Å². The Labute approximate surface area is 160 Å². The second-order valence-electron chi connectivity index (χ2n) is 6.99. The Morgan fingerprint density at radius 1 is 1.07 bits per heavy atom. The Hall–Kier alpha value is -3.06. The Balaban J connectivity index is 1.54. The maximum atomic E-state index is 12.5. The summed E-state index contributed by atoms with van der Waals surface area (Å²) in [5.74, 6) is 1.49. The molecule has 27 heavy (non-hydrogen) atoms. The number of methoxy groups -OCH3 is 1. The van der Waals surface area contributed by atoms with Gasteiger partial charge in [-0.15, -0.1) is 0 Å². The van der Waals surface area contributed by atoms with Crippen molar-refractivity contribution in [2.24, 2.45) is 5.92 Å². The summed E-state index contributed by atoms with van der Waals surface area (Å²) in [5.41, 5.74) is 3.24. The number of nitriles is 1. The standard InChI is InChI=1S/C23H24N2O2/c1-16(23(26)25-21-11-3-17(15-24)4-12-21)18-5-7-19(8-6-18)20-9-13-22(27-2)14-10-20/h3-4,9-14,18-19H,1,5-8H2,2H3,(H,25,26). The second kappa shape index (κ2) is 8.55. The first kappa shape index (κ1) is 18.7. The highest BCUT2D eigenvalue weighted by molar-refractivity contribution is 6.03. The maximum Gasteiger partial charge on any atom is 0.251 e. The molecule has 0 saturated heterocycles. The van der Waals surface area contributed by atoms with Gasteiger partial charge in [0.25, 0.3) is 5.91 Å². The van der Waals surface area contributed by atoms with E-state index in [2.05, 4.69) is 30.1 Å². The fourth-order valence-corrected chi connectivity index (χ4v) is 3.68. The number of amides is 1. The third-order valence-electron chi connectivity index (χ3n) is 5.37. The fourth-order valence-electron chi connectivity index (χ4n) is 3.68. The fraction of sp³-hybridized carbons (Fsp3) is 0.304. The average Bonchev–Trinajstić information content (AvgIpc) is 2.74. The molecule has 4 heteroatoms. The van der Waals surface area contributed by atoms with E-state index >= 15 is 0 Å². The summed E-state index contributed by atoms with van der Waals surface area (Å²) in [6.45, 7) is 4.05. The SMILES string of the molecule is C=C(C(=O)Nc1ccc(C#N)cc1)C1CCC(c2ccc(OC)cc2)CC1. The van der Waals surface area contributed by atoms with Crippen molar-refractivity contribution in [2.75, 3.05) is 12.4 Å². The van der Waals surface area contributed by atoms with Gasteiger partial charge in [-0.25, -0.2) is 0 Å². The van der Waals surface area contributed by atoms with E-state index < -0.39 is 0 Å². The van der Waals surface area contributed by atoms with E-state index in [1.165, 1.54) is 5.56 Å². The first-order valence-electron chi connectivity index (χ1n) is 9.25. The number of benzene rings is 2. The number of ether oxygens (including phenoxy) is 1. The van der Waals surface area contributed by atoms with Crippen molar-refractivity contribution in [3.8, 4) is 11.8 Å². The summed E-state index contributed by atoms with van der Waals surface area (Å²) in [7, 11) is 1.68. The number of nitrogens with zero attached hydrogens (tertiary/aromatic N) is 1. The molecule has 0 radical (unpaired) electrons. The minimum atomic E-state index is -0.132. The van der Waals surface area contributed by atoms with Gasteiger partial charge in [-0.2, -0.15) is 5.26 Å². The minimum Gasteiger partial charge on any atom is -0.497 e. The summed E-state index contributed by atoms with van der Waals surface area (Å²) in [6, 6.07) is 17.2. The predicted octanol–water partition coefficient (Wildman–Crippen LogP) is 5.04. The van der Waals surface area contributed by atoms with Gasteiger partial charge in [0.15, 0.2) is 0 Å². The Bertz CT molecular complexity index is 839. The highest BCUT2D eigenvalue weighted by Gasteiger charge is 2.26. The van der Waals surface area contributed by atoms with E-state index in [0.29, 0.717) is 22.7 Å². The Kier molecular flexibility index (Phi) is 5.93. The number of carbonyl (C=O) groups is 1. The minimum absolute atomic E-state index is 0.132. The molecule has 0 aromatic heterocycles. The molecule has 1 aliphatic rings. The topological polar surface area (TPSA) is 62.1 Å². The summed E-state index contributed by atoms with van der Waals surface area (Å²) >= 11 is 0. The zero-order valence-corrected chi connectivity index (χ0v) is 15.6. The molecular weight excluding hydrogens is 336 g/mol. The molecule has 0 spiro atoms. The zero-order chi connectivity index (χ0) is 19.2. The summed E-state index contributed by atoms with van der Waals surface area (Å²) < 4.78 is 5.22. The highest BCUT2D eigenvalue weighted by atomic mass is 16.5. The van der Waals surface area contributed by atoms with Crippen molar-refractivity contribution >= 4 is 11.6 Å². The molecule has 3 rings (SSSR count). The molecule has 1 aliphatic carbocycles. The molecule has 0 heterocycles. The van der Waals surface area contributed by atoms with Crippen molar-refractivity contribution in [1.82, 2.24) is 0 Å². The van der Waals surface area contributed by atoms with Crippen LogP contribution >= 0.6 is 0 Å². The van der Waals surface area contributed by atoms with Crippen LogP contribution in [0.3, 0.4) is 0 Å². The molecule has 4 nitrogen and oxygen atoms in total. The van der Waals surface area contributed by atoms with Crippen LogP contribution in [0, 0.1) is 17.2 Å². The van der Waals surface area contributed by atoms with Crippen LogP contribution in [-0.2, 0) is 4.79 Å². The summed E-state index contributed by atoms with van der Waals surface area (Å²) in [4.78, 5) is 12.5. The Morgan fingerprint density at radius 3 is 2.26 bits per heavy atom. The van der Waals surface area contributed by atoms with Crippen LogP contribution in [0.5, 0.6) is 5.75 Å². The third-order valence-corrected chi connectivity index (χ3v) is 5.37. The van der Waals surface area contributed by atoms with Gasteiger partial charge in [0.1, 0.15) is 5.75 Å². The molecule has 0 aliphatic heterocycles. The van der Waals surface area contributed by atoms with Crippen molar-refractivity contribution in [3.05, 3.63) is 71.8 Å². The third kappa shape index (κ3) is 4.57. The average molecular weight is 360 g/mol. The van der Waals surface area contributed by atoms with Crippen LogP contribution in [-0.4, -0.2) is 13.0 Å². The molecular formula is C23H24N2O2. The summed E-state index contributed by atoms with van der Waals surface area (Å²) in [5, 5.41) is 11.7. The molecule has 0 bridgehead atoms. The van der Waals surface area contributed by atoms with Crippen molar-refractivity contribution < 1.29 is 9.53 Å². The number of carbonyl (C=O) groups excluding carboxylic acids is 1. The van der Waals surface area contributed by atoms with Crippen LogP contribution in [0.2, 0.25) is 0 Å². The Morgan fingerprint density at radius 2 is 1.70 bits per heavy atom. The molecule has 138 valence electrons. The monoisotopic (exact) mass is 360 g/mol. The maximum absolute atomic E-state index is 12.5. The largest absolute Gasteiger partial charge is 0.497 e. The molecule has 2 aromatic rings. The van der Waals surface area contributed by atoms with Gasteiger partial charge in [-0.05, 0) is 79.5 Å². The van der Waals surface area contributed by atoms with Crippen molar-refractivity contribution in [2.45, 2.75) is 31.6 Å². The van der Waals surface area contributed by atoms with Gasteiger partial charge in [0, 0.05) is 11.3 Å². The zero-order valence-electron chi connectivity index (χ0n) is 15.6. The number of hydrogen-bond donors (Lipinski definition) is 1. The molecule has 1 amide bonds. The first-order chi connectivity index (χ1) is 13.1. The van der Waals surface area contributed by atoms with E-state index in [0.717, 1.165) is 31.4 Å². The number of rotatable bonds is 5. The quantitative estimate of drug-likeness (QED) is 0.760. The van der Waals surface area contributed by atoms with Crippen molar-refractivity contribution in [3.63, 3.8) is 0 Å².